The lowest BCUT2D eigenvalue weighted by Gasteiger charge is -2.29. The molecule has 4 N–H and O–H groups in total. The normalized spacial score (nSPS) is 16.3. The number of imide groups is 1. The van der Waals surface area contributed by atoms with E-state index in [0.717, 1.165) is 16.7 Å². The molecular formula is C31H33F3N8O7. The van der Waals surface area contributed by atoms with Crippen molar-refractivity contribution in [3.8, 4) is 0 Å². The van der Waals surface area contributed by atoms with Gasteiger partial charge in [-0.05, 0) is 64.7 Å². The van der Waals surface area contributed by atoms with Crippen molar-refractivity contribution in [1.82, 2.24) is 35.7 Å². The second kappa shape index (κ2) is 16.1. The number of carboxylic acids is 1. The van der Waals surface area contributed by atoms with E-state index in [4.69, 9.17) is 14.6 Å². The Hall–Kier alpha value is -5.49. The quantitative estimate of drug-likeness (QED) is 0.124. The molecule has 3 heterocycles. The molecule has 0 radical (unpaired) electrons. The lowest BCUT2D eigenvalue weighted by Crippen LogP contribution is -2.52. The van der Waals surface area contributed by atoms with Gasteiger partial charge in [0, 0.05) is 37.4 Å². The van der Waals surface area contributed by atoms with Gasteiger partial charge >= 0.3 is 12.1 Å². The third-order valence-electron chi connectivity index (χ3n) is 7.51. The molecule has 3 aromatic rings. The number of aromatic nitrogens is 4. The minimum Gasteiger partial charge on any atom is -0.475 e. The molecule has 1 saturated heterocycles. The van der Waals surface area contributed by atoms with Gasteiger partial charge in [0.25, 0.3) is 5.91 Å². The molecule has 0 bridgehead atoms. The highest BCUT2D eigenvalue weighted by Crippen LogP contribution is 2.29. The summed E-state index contributed by atoms with van der Waals surface area (Å²) in [5.74, 6) is -3.46. The molecule has 1 aromatic heterocycles. The lowest BCUT2D eigenvalue weighted by atomic mass is 10.0. The van der Waals surface area contributed by atoms with E-state index in [1.165, 1.54) is 11.0 Å². The number of rotatable bonds is 12. The topological polar surface area (TPSA) is 198 Å². The highest BCUT2D eigenvalue weighted by Gasteiger charge is 2.39. The van der Waals surface area contributed by atoms with Crippen molar-refractivity contribution in [2.45, 2.75) is 57.7 Å². The van der Waals surface area contributed by atoms with Crippen LogP contribution in [0.1, 0.15) is 58.7 Å². The maximum atomic E-state index is 13.3. The summed E-state index contributed by atoms with van der Waals surface area (Å²) in [6.07, 6.45) is -3.36. The summed E-state index contributed by atoms with van der Waals surface area (Å²) < 4.78 is 38.9. The second-order valence-corrected chi connectivity index (χ2v) is 10.8. The van der Waals surface area contributed by atoms with Gasteiger partial charge in [-0.3, -0.25) is 29.8 Å². The molecule has 5 rings (SSSR count). The summed E-state index contributed by atoms with van der Waals surface area (Å²) in [6.45, 7) is 7.59. The molecule has 49 heavy (non-hydrogen) atoms. The number of benzene rings is 2. The molecule has 260 valence electrons. The number of hydrogen-bond acceptors (Lipinski definition) is 10. The molecule has 0 saturated carbocycles. The first-order chi connectivity index (χ1) is 23.3. The van der Waals surface area contributed by atoms with Gasteiger partial charge in [0.1, 0.15) is 6.04 Å². The van der Waals surface area contributed by atoms with Crippen LogP contribution in [0, 0.1) is 0 Å². The Bertz CT molecular complexity index is 1710. The molecule has 2 atom stereocenters. The number of alkyl halides is 3. The highest BCUT2D eigenvalue weighted by molar-refractivity contribution is 6.05. The number of halogens is 3. The lowest BCUT2D eigenvalue weighted by molar-refractivity contribution is -0.192. The maximum absolute atomic E-state index is 13.3. The predicted octanol–water partition coefficient (Wildman–Crippen LogP) is 2.11. The largest absolute Gasteiger partial charge is 0.490 e. The smallest absolute Gasteiger partial charge is 0.475 e. The molecule has 15 nitrogen and oxygen atoms in total. The van der Waals surface area contributed by atoms with Crippen molar-refractivity contribution in [2.24, 2.45) is 0 Å². The molecule has 18 heteroatoms. The fourth-order valence-electron chi connectivity index (χ4n) is 5.12. The summed E-state index contributed by atoms with van der Waals surface area (Å²) in [4.78, 5) is 59.4. The van der Waals surface area contributed by atoms with Crippen molar-refractivity contribution in [2.75, 3.05) is 18.5 Å². The summed E-state index contributed by atoms with van der Waals surface area (Å²) >= 11 is 0. The number of tetrazole rings is 1. The number of fused-ring (bicyclic) bond motifs is 1. The van der Waals surface area contributed by atoms with E-state index in [1.807, 2.05) is 37.3 Å². The maximum Gasteiger partial charge on any atom is 0.490 e. The molecule has 4 amide bonds. The first-order valence-corrected chi connectivity index (χ1v) is 15.0. The average molecular weight is 687 g/mol. The minimum atomic E-state index is -5.08. The van der Waals surface area contributed by atoms with Crippen LogP contribution >= 0.6 is 0 Å². The van der Waals surface area contributed by atoms with Gasteiger partial charge < -0.3 is 20.1 Å². The third kappa shape index (κ3) is 9.32. The van der Waals surface area contributed by atoms with Gasteiger partial charge in [-0.1, -0.05) is 30.8 Å². The molecular weight excluding hydrogens is 653 g/mol. The number of carboxylic acid groups (broad SMARTS) is 1. The summed E-state index contributed by atoms with van der Waals surface area (Å²) in [5.41, 5.74) is 3.72. The zero-order valence-electron chi connectivity index (χ0n) is 26.2. The number of carbonyl (C=O) groups is 5. The monoisotopic (exact) mass is 686 g/mol. The van der Waals surface area contributed by atoms with Crippen LogP contribution in [0.15, 0.2) is 55.1 Å². The predicted molar refractivity (Wildman–Crippen MR) is 164 cm³/mol. The number of anilines is 1. The van der Waals surface area contributed by atoms with E-state index in [9.17, 15) is 32.3 Å². The van der Waals surface area contributed by atoms with Gasteiger partial charge in [0.2, 0.25) is 17.7 Å². The van der Waals surface area contributed by atoms with E-state index in [1.54, 1.807) is 16.8 Å². The van der Waals surface area contributed by atoms with Crippen molar-refractivity contribution < 1.29 is 47.0 Å². The first kappa shape index (κ1) is 36.3. The van der Waals surface area contributed by atoms with Crippen LogP contribution in [0.2, 0.25) is 0 Å². The van der Waals surface area contributed by atoms with Crippen LogP contribution in [-0.2, 0) is 43.5 Å². The van der Waals surface area contributed by atoms with E-state index in [2.05, 4.69) is 38.1 Å². The Labute approximate surface area is 277 Å². The van der Waals surface area contributed by atoms with Gasteiger partial charge in [0.15, 0.2) is 5.82 Å². The van der Waals surface area contributed by atoms with Crippen molar-refractivity contribution >= 4 is 35.3 Å². The van der Waals surface area contributed by atoms with E-state index in [-0.39, 0.29) is 24.1 Å². The van der Waals surface area contributed by atoms with Crippen LogP contribution in [0.5, 0.6) is 0 Å². The fraction of sp³-hybridized carbons (Fsp3) is 0.355. The Kier molecular flexibility index (Phi) is 11.9. The van der Waals surface area contributed by atoms with Gasteiger partial charge in [-0.25, -0.2) is 9.48 Å². The van der Waals surface area contributed by atoms with E-state index in [0.29, 0.717) is 56.3 Å². The standard InChI is InChI=1S/C29H32N8O5.C2HF3O2/c1-3-24(38)31-21-9-7-19(8-10-21)26(27-33-34-35-37(27)13-14-42-4-2)30-16-18-5-6-20-17-36(29(41)22(20)15-18)23-11-12-25(39)32-28(23)40;3-2(4,5)1(6)7/h3,5-10,15,23,26,30H,1,4,11-14,16-17H2,2H3,(H,31,38)(H,32,39,40);(H,6,7). The summed E-state index contributed by atoms with van der Waals surface area (Å²) in [6, 6.07) is 11.9. The van der Waals surface area contributed by atoms with Crippen molar-refractivity contribution in [3.05, 3.63) is 83.2 Å². The number of aliphatic carboxylic acids is 1. The third-order valence-corrected chi connectivity index (χ3v) is 7.51. The second-order valence-electron chi connectivity index (χ2n) is 10.8. The fourth-order valence-corrected chi connectivity index (χ4v) is 5.12. The Morgan fingerprint density at radius 1 is 1.18 bits per heavy atom. The molecule has 0 aliphatic carbocycles. The minimum absolute atomic E-state index is 0.207. The van der Waals surface area contributed by atoms with Crippen molar-refractivity contribution in [1.29, 1.82) is 0 Å². The Morgan fingerprint density at radius 2 is 1.90 bits per heavy atom. The Balaban J connectivity index is 0.000000698. The van der Waals surface area contributed by atoms with Gasteiger partial charge in [-0.2, -0.15) is 13.2 Å². The zero-order valence-corrected chi connectivity index (χ0v) is 26.2. The Morgan fingerprint density at radius 3 is 2.53 bits per heavy atom. The van der Waals surface area contributed by atoms with Crippen LogP contribution in [0.4, 0.5) is 18.9 Å². The molecule has 2 aliphatic heterocycles. The average Bonchev–Trinajstić information content (AvgIpc) is 3.65. The van der Waals surface area contributed by atoms with Gasteiger partial charge in [-0.15, -0.1) is 5.10 Å². The van der Waals surface area contributed by atoms with Crippen LogP contribution in [0.3, 0.4) is 0 Å². The summed E-state index contributed by atoms with van der Waals surface area (Å²) in [5, 5.41) is 28.0. The number of ether oxygens (including phenoxy) is 1. The number of nitrogens with one attached hydrogen (secondary N) is 3. The summed E-state index contributed by atoms with van der Waals surface area (Å²) in [7, 11) is 0. The molecule has 2 aliphatic rings. The first-order valence-electron chi connectivity index (χ1n) is 15.0. The van der Waals surface area contributed by atoms with Crippen LogP contribution in [-0.4, -0.2) is 85.2 Å². The van der Waals surface area contributed by atoms with E-state index < -0.39 is 30.1 Å². The molecule has 1 fully saturated rings. The van der Waals surface area contributed by atoms with Crippen LogP contribution < -0.4 is 16.0 Å². The van der Waals surface area contributed by atoms with Crippen LogP contribution in [0.25, 0.3) is 0 Å². The molecule has 2 aromatic carbocycles. The SMILES string of the molecule is C=CC(=O)Nc1ccc(C(NCc2ccc3c(c2)C(=O)N(C2CCC(=O)NC2=O)C3)c2nnnn2CCOCC)cc1.O=C(O)C(F)(F)F. The van der Waals surface area contributed by atoms with Gasteiger partial charge in [0.05, 0.1) is 19.2 Å². The number of nitrogens with zero attached hydrogens (tertiary/aromatic N) is 5. The molecule has 2 unspecified atom stereocenters. The highest BCUT2D eigenvalue weighted by atomic mass is 19.4. The van der Waals surface area contributed by atoms with Crippen molar-refractivity contribution in [3.63, 3.8) is 0 Å². The zero-order chi connectivity index (χ0) is 35.7. The number of piperidine rings is 1. The van der Waals surface area contributed by atoms with E-state index >= 15 is 0 Å². The molecule has 0 spiro atoms. The number of hydrogen-bond donors (Lipinski definition) is 4. The number of carbonyl (C=O) groups excluding carboxylic acids is 4. The number of amides is 4.